The van der Waals surface area contributed by atoms with Gasteiger partial charge in [0.2, 0.25) is 10.0 Å². The van der Waals surface area contributed by atoms with Crippen LogP contribution in [0.5, 0.6) is 0 Å². The minimum atomic E-state index is -4.22. The number of aryl methyl sites for hydroxylation is 1. The maximum absolute atomic E-state index is 12.5. The summed E-state index contributed by atoms with van der Waals surface area (Å²) in [6.07, 6.45) is -2.99. The molecule has 0 bridgehead atoms. The summed E-state index contributed by atoms with van der Waals surface area (Å²) in [5.41, 5.74) is -0.547. The number of hydrogen-bond donors (Lipinski definition) is 1. The van der Waals surface area contributed by atoms with E-state index in [0.29, 0.717) is 0 Å². The fourth-order valence-corrected chi connectivity index (χ4v) is 3.04. The molecule has 2 N–H and O–H groups in total. The average Bonchev–Trinajstić information content (AvgIpc) is 1.99. The van der Waals surface area contributed by atoms with Gasteiger partial charge in [-0.1, -0.05) is 0 Å². The van der Waals surface area contributed by atoms with E-state index in [9.17, 15) is 17.2 Å². The van der Waals surface area contributed by atoms with Gasteiger partial charge in [-0.15, -0.1) is 0 Å². The third-order valence-corrected chi connectivity index (χ3v) is 3.46. The molecule has 0 spiro atoms. The quantitative estimate of drug-likeness (QED) is 0.904. The van der Waals surface area contributed by atoms with Crippen LogP contribution in [0.15, 0.2) is 15.4 Å². The lowest BCUT2D eigenvalue weighted by Crippen LogP contribution is -2.17. The van der Waals surface area contributed by atoms with Gasteiger partial charge in [0.15, 0.2) is 0 Å². The van der Waals surface area contributed by atoms with E-state index in [1.165, 1.54) is 13.0 Å². The highest BCUT2D eigenvalue weighted by atomic mass is 79.9. The number of alkyl halides is 2. The second kappa shape index (κ2) is 4.11. The average molecular weight is 301 g/mol. The lowest BCUT2D eigenvalue weighted by molar-refractivity contribution is 0.142. The summed E-state index contributed by atoms with van der Waals surface area (Å²) in [7, 11) is -4.22. The van der Waals surface area contributed by atoms with Crippen LogP contribution in [-0.2, 0) is 10.0 Å². The summed E-state index contributed by atoms with van der Waals surface area (Å²) in [5, 5.41) is 4.82. The normalized spacial score (nSPS) is 12.1. The summed E-state index contributed by atoms with van der Waals surface area (Å²) < 4.78 is 47.2. The van der Waals surface area contributed by atoms with Gasteiger partial charge in [0.05, 0.1) is 0 Å². The molecule has 84 valence electrons. The lowest BCUT2D eigenvalue weighted by atomic mass is 10.3. The van der Waals surface area contributed by atoms with Crippen molar-refractivity contribution in [2.45, 2.75) is 18.2 Å². The number of nitrogens with zero attached hydrogens (tertiary/aromatic N) is 1. The van der Waals surface area contributed by atoms with E-state index < -0.39 is 27.0 Å². The van der Waals surface area contributed by atoms with Gasteiger partial charge < -0.3 is 0 Å². The van der Waals surface area contributed by atoms with Crippen molar-refractivity contribution in [2.24, 2.45) is 5.14 Å². The van der Waals surface area contributed by atoms with Gasteiger partial charge in [0.1, 0.15) is 10.6 Å². The molecular weight excluding hydrogens is 294 g/mol. The molecule has 15 heavy (non-hydrogen) atoms. The number of primary sulfonamides is 1. The predicted molar refractivity (Wildman–Crippen MR) is 53.0 cm³/mol. The van der Waals surface area contributed by atoms with Crippen LogP contribution < -0.4 is 5.14 Å². The molecular formula is C7H7BrF2N2O2S. The van der Waals surface area contributed by atoms with E-state index in [0.717, 1.165) is 0 Å². The van der Waals surface area contributed by atoms with E-state index in [2.05, 4.69) is 20.9 Å². The molecule has 0 atom stereocenters. The molecule has 4 nitrogen and oxygen atoms in total. The number of aromatic nitrogens is 1. The van der Waals surface area contributed by atoms with Crippen molar-refractivity contribution in [3.8, 4) is 0 Å². The van der Waals surface area contributed by atoms with Gasteiger partial charge in [-0.05, 0) is 28.9 Å². The zero-order chi connectivity index (χ0) is 11.8. The Hall–Kier alpha value is -0.600. The van der Waals surface area contributed by atoms with Crippen LogP contribution in [0.3, 0.4) is 0 Å². The minimum absolute atomic E-state index is 0.00667. The van der Waals surface area contributed by atoms with Crippen LogP contribution in [0.25, 0.3) is 0 Å². The van der Waals surface area contributed by atoms with Crippen molar-refractivity contribution in [3.63, 3.8) is 0 Å². The van der Waals surface area contributed by atoms with Crippen LogP contribution in [0.4, 0.5) is 8.78 Å². The van der Waals surface area contributed by atoms with E-state index in [1.807, 2.05) is 0 Å². The maximum atomic E-state index is 12.5. The summed E-state index contributed by atoms with van der Waals surface area (Å²) in [6, 6.07) is 1.31. The van der Waals surface area contributed by atoms with E-state index in [4.69, 9.17) is 5.14 Å². The summed E-state index contributed by atoms with van der Waals surface area (Å²) in [5.74, 6) is 0. The van der Waals surface area contributed by atoms with Gasteiger partial charge in [-0.25, -0.2) is 22.3 Å². The number of halogens is 3. The monoisotopic (exact) mass is 300 g/mol. The highest BCUT2D eigenvalue weighted by Crippen LogP contribution is 2.30. The first kappa shape index (κ1) is 12.5. The first-order valence-electron chi connectivity index (χ1n) is 3.71. The second-order valence-electron chi connectivity index (χ2n) is 2.81. The maximum Gasteiger partial charge on any atom is 0.281 e. The zero-order valence-corrected chi connectivity index (χ0v) is 9.94. The Kier molecular flexibility index (Phi) is 3.41. The summed E-state index contributed by atoms with van der Waals surface area (Å²) in [6.45, 7) is 1.48. The number of pyridine rings is 1. The molecule has 0 fully saturated rings. The molecule has 1 aromatic rings. The Morgan fingerprint density at radius 1 is 1.53 bits per heavy atom. The van der Waals surface area contributed by atoms with E-state index in [1.54, 1.807) is 0 Å². The van der Waals surface area contributed by atoms with Gasteiger partial charge in [-0.3, -0.25) is 4.98 Å². The van der Waals surface area contributed by atoms with Crippen LogP contribution in [0, 0.1) is 6.92 Å². The Bertz CT molecular complexity index is 490. The summed E-state index contributed by atoms with van der Waals surface area (Å²) >= 11 is 2.87. The Morgan fingerprint density at radius 2 is 2.07 bits per heavy atom. The minimum Gasteiger partial charge on any atom is -0.251 e. The van der Waals surface area contributed by atoms with Crippen molar-refractivity contribution in [1.82, 2.24) is 4.98 Å². The molecule has 8 heteroatoms. The molecule has 0 aliphatic carbocycles. The van der Waals surface area contributed by atoms with Crippen LogP contribution in [0.1, 0.15) is 17.8 Å². The summed E-state index contributed by atoms with van der Waals surface area (Å²) in [4.78, 5) is 2.80. The van der Waals surface area contributed by atoms with E-state index in [-0.39, 0.29) is 10.2 Å². The Morgan fingerprint density at radius 3 is 2.47 bits per heavy atom. The van der Waals surface area contributed by atoms with Crippen molar-refractivity contribution in [3.05, 3.63) is 21.9 Å². The van der Waals surface area contributed by atoms with Crippen molar-refractivity contribution < 1.29 is 17.2 Å². The van der Waals surface area contributed by atoms with Gasteiger partial charge in [0, 0.05) is 10.2 Å². The molecule has 0 aromatic carbocycles. The standard InChI is InChI=1S/C7H7BrF2N2O2S/c1-3-2-4(8)6(15(11,13)14)5(12-3)7(9)10/h2,7H,1H3,(H2,11,13,14). The van der Waals surface area contributed by atoms with Gasteiger partial charge in [-0.2, -0.15) is 0 Å². The molecule has 1 heterocycles. The molecule has 1 rings (SSSR count). The zero-order valence-electron chi connectivity index (χ0n) is 7.54. The lowest BCUT2D eigenvalue weighted by Gasteiger charge is -2.09. The topological polar surface area (TPSA) is 73.1 Å². The number of hydrogen-bond acceptors (Lipinski definition) is 3. The van der Waals surface area contributed by atoms with Gasteiger partial charge in [0.25, 0.3) is 6.43 Å². The third-order valence-electron chi connectivity index (χ3n) is 1.57. The van der Waals surface area contributed by atoms with Crippen LogP contribution >= 0.6 is 15.9 Å². The highest BCUT2D eigenvalue weighted by Gasteiger charge is 2.25. The first-order chi connectivity index (χ1) is 6.73. The molecule has 0 aliphatic heterocycles. The van der Waals surface area contributed by atoms with Gasteiger partial charge >= 0.3 is 0 Å². The van der Waals surface area contributed by atoms with E-state index >= 15 is 0 Å². The number of sulfonamides is 1. The molecule has 0 unspecified atom stereocenters. The number of nitrogens with two attached hydrogens (primary N) is 1. The second-order valence-corrected chi connectivity index (χ2v) is 5.16. The van der Waals surface area contributed by atoms with Crippen LogP contribution in [-0.4, -0.2) is 13.4 Å². The Labute approximate surface area is 93.7 Å². The molecule has 0 aliphatic rings. The molecule has 0 saturated heterocycles. The smallest absolute Gasteiger partial charge is 0.251 e. The SMILES string of the molecule is Cc1cc(Br)c(S(N)(=O)=O)c(C(F)F)n1. The molecule has 0 amide bonds. The molecule has 0 radical (unpaired) electrons. The third kappa shape index (κ3) is 2.70. The fourth-order valence-electron chi connectivity index (χ4n) is 1.07. The first-order valence-corrected chi connectivity index (χ1v) is 6.05. The fraction of sp³-hybridized carbons (Fsp3) is 0.286. The molecule has 1 aromatic heterocycles. The number of rotatable bonds is 2. The van der Waals surface area contributed by atoms with Crippen molar-refractivity contribution in [1.29, 1.82) is 0 Å². The molecule has 0 saturated carbocycles. The Balaban J connectivity index is 3.62. The van der Waals surface area contributed by atoms with Crippen molar-refractivity contribution >= 4 is 26.0 Å². The van der Waals surface area contributed by atoms with Crippen molar-refractivity contribution in [2.75, 3.05) is 0 Å². The van der Waals surface area contributed by atoms with Crippen LogP contribution in [0.2, 0.25) is 0 Å². The highest BCUT2D eigenvalue weighted by molar-refractivity contribution is 9.10. The predicted octanol–water partition coefficient (Wildman–Crippen LogP) is 1.74. The largest absolute Gasteiger partial charge is 0.281 e.